The first-order valence-corrected chi connectivity index (χ1v) is 8.07. The molecular formula is C17H22N4O2. The largest absolute Gasteiger partial charge is 0.396 e. The van der Waals surface area contributed by atoms with Crippen molar-refractivity contribution < 1.29 is 9.90 Å². The number of aryl methyl sites for hydroxylation is 1. The van der Waals surface area contributed by atoms with E-state index >= 15 is 0 Å². The summed E-state index contributed by atoms with van der Waals surface area (Å²) in [5.74, 6) is 1.73. The maximum atomic E-state index is 12.6. The molecule has 1 aromatic carbocycles. The SMILES string of the molecule is C[C@@H]1C(=O)N(CCc2ccccc2)Cc2nnc(CCCO)n21. The second-order valence-corrected chi connectivity index (χ2v) is 5.90. The highest BCUT2D eigenvalue weighted by molar-refractivity contribution is 5.81. The van der Waals surface area contributed by atoms with Crippen molar-refractivity contribution in [2.24, 2.45) is 0 Å². The number of nitrogens with zero attached hydrogens (tertiary/aromatic N) is 4. The van der Waals surface area contributed by atoms with Gasteiger partial charge in [0.1, 0.15) is 11.9 Å². The van der Waals surface area contributed by atoms with Crippen LogP contribution >= 0.6 is 0 Å². The Balaban J connectivity index is 1.71. The molecule has 0 bridgehead atoms. The minimum Gasteiger partial charge on any atom is -0.396 e. The van der Waals surface area contributed by atoms with Crippen molar-refractivity contribution in [3.63, 3.8) is 0 Å². The Hall–Kier alpha value is -2.21. The van der Waals surface area contributed by atoms with E-state index in [1.54, 1.807) is 0 Å². The first-order valence-electron chi connectivity index (χ1n) is 8.07. The summed E-state index contributed by atoms with van der Waals surface area (Å²) in [6, 6.07) is 9.90. The van der Waals surface area contributed by atoms with Gasteiger partial charge in [0.15, 0.2) is 5.82 Å². The third-order valence-corrected chi connectivity index (χ3v) is 4.30. The van der Waals surface area contributed by atoms with Crippen LogP contribution in [0, 0.1) is 0 Å². The first-order chi connectivity index (χ1) is 11.2. The molecule has 2 aromatic rings. The van der Waals surface area contributed by atoms with Crippen LogP contribution in [0.5, 0.6) is 0 Å². The van der Waals surface area contributed by atoms with Crippen LogP contribution in [0.15, 0.2) is 30.3 Å². The molecule has 1 aliphatic heterocycles. The second kappa shape index (κ2) is 6.91. The van der Waals surface area contributed by atoms with Gasteiger partial charge in [-0.25, -0.2) is 0 Å². The molecule has 0 fully saturated rings. The fraction of sp³-hybridized carbons (Fsp3) is 0.471. The van der Waals surface area contributed by atoms with E-state index in [0.29, 0.717) is 25.9 Å². The summed E-state index contributed by atoms with van der Waals surface area (Å²) < 4.78 is 1.93. The van der Waals surface area contributed by atoms with Crippen LogP contribution in [0.2, 0.25) is 0 Å². The normalized spacial score (nSPS) is 17.4. The van der Waals surface area contributed by atoms with Gasteiger partial charge in [0.25, 0.3) is 0 Å². The molecule has 1 amide bonds. The average Bonchev–Trinajstić information content (AvgIpc) is 2.99. The fourth-order valence-corrected chi connectivity index (χ4v) is 3.04. The van der Waals surface area contributed by atoms with Gasteiger partial charge in [0.2, 0.25) is 5.91 Å². The molecule has 1 aliphatic rings. The van der Waals surface area contributed by atoms with Crippen molar-refractivity contribution in [1.82, 2.24) is 19.7 Å². The molecule has 122 valence electrons. The molecule has 2 heterocycles. The van der Waals surface area contributed by atoms with E-state index in [-0.39, 0.29) is 18.6 Å². The van der Waals surface area contributed by atoms with Crippen LogP contribution in [0.25, 0.3) is 0 Å². The molecule has 23 heavy (non-hydrogen) atoms. The van der Waals surface area contributed by atoms with Gasteiger partial charge in [-0.05, 0) is 25.3 Å². The maximum Gasteiger partial charge on any atom is 0.245 e. The molecule has 0 unspecified atom stereocenters. The molecule has 0 aliphatic carbocycles. The summed E-state index contributed by atoms with van der Waals surface area (Å²) in [6.45, 7) is 3.20. The third kappa shape index (κ3) is 3.27. The Morgan fingerprint density at radius 3 is 2.74 bits per heavy atom. The van der Waals surface area contributed by atoms with Crippen LogP contribution in [0.3, 0.4) is 0 Å². The Kier molecular flexibility index (Phi) is 4.71. The molecule has 1 aromatic heterocycles. The zero-order chi connectivity index (χ0) is 16.2. The number of hydrogen-bond acceptors (Lipinski definition) is 4. The molecule has 3 rings (SSSR count). The van der Waals surface area contributed by atoms with Crippen LogP contribution in [0.4, 0.5) is 0 Å². The van der Waals surface area contributed by atoms with Gasteiger partial charge in [0, 0.05) is 19.6 Å². The minimum atomic E-state index is -0.279. The van der Waals surface area contributed by atoms with Crippen molar-refractivity contribution in [3.05, 3.63) is 47.5 Å². The molecule has 1 atom stereocenters. The average molecular weight is 314 g/mol. The fourth-order valence-electron chi connectivity index (χ4n) is 3.04. The quantitative estimate of drug-likeness (QED) is 0.873. The van der Waals surface area contributed by atoms with Crippen LogP contribution < -0.4 is 0 Å². The Labute approximate surface area is 135 Å². The van der Waals surface area contributed by atoms with Gasteiger partial charge in [0.05, 0.1) is 6.54 Å². The van der Waals surface area contributed by atoms with E-state index in [9.17, 15) is 4.79 Å². The second-order valence-electron chi connectivity index (χ2n) is 5.90. The van der Waals surface area contributed by atoms with Gasteiger partial charge < -0.3 is 14.6 Å². The van der Waals surface area contributed by atoms with Gasteiger partial charge in [-0.15, -0.1) is 10.2 Å². The topological polar surface area (TPSA) is 71.2 Å². The monoisotopic (exact) mass is 314 g/mol. The van der Waals surface area contributed by atoms with E-state index in [4.69, 9.17) is 5.11 Å². The van der Waals surface area contributed by atoms with Crippen molar-refractivity contribution in [2.45, 2.75) is 38.8 Å². The van der Waals surface area contributed by atoms with E-state index in [1.807, 2.05) is 34.6 Å². The molecule has 1 N–H and O–H groups in total. The predicted molar refractivity (Wildman–Crippen MR) is 85.7 cm³/mol. The number of rotatable bonds is 6. The lowest BCUT2D eigenvalue weighted by molar-refractivity contribution is -0.137. The Morgan fingerprint density at radius 1 is 1.22 bits per heavy atom. The number of carbonyl (C=O) groups excluding carboxylic acids is 1. The molecule has 0 radical (unpaired) electrons. The van der Waals surface area contributed by atoms with Gasteiger partial charge in [-0.2, -0.15) is 0 Å². The lowest BCUT2D eigenvalue weighted by atomic mass is 10.1. The molecule has 0 spiro atoms. The highest BCUT2D eigenvalue weighted by atomic mass is 16.3. The van der Waals surface area contributed by atoms with E-state index in [0.717, 1.165) is 18.1 Å². The number of amides is 1. The number of benzene rings is 1. The van der Waals surface area contributed by atoms with Gasteiger partial charge in [-0.3, -0.25) is 4.79 Å². The number of hydrogen-bond donors (Lipinski definition) is 1. The molecule has 6 heteroatoms. The van der Waals surface area contributed by atoms with Crippen LogP contribution in [-0.4, -0.2) is 43.8 Å². The number of fused-ring (bicyclic) bond motifs is 1. The first kappa shape index (κ1) is 15.7. The molecule has 0 saturated carbocycles. The highest BCUT2D eigenvalue weighted by Crippen LogP contribution is 2.23. The maximum absolute atomic E-state index is 12.6. The zero-order valence-electron chi connectivity index (χ0n) is 13.4. The number of aromatic nitrogens is 3. The van der Waals surface area contributed by atoms with Crippen molar-refractivity contribution in [2.75, 3.05) is 13.2 Å². The van der Waals surface area contributed by atoms with E-state index in [2.05, 4.69) is 22.3 Å². The molecular weight excluding hydrogens is 292 g/mol. The smallest absolute Gasteiger partial charge is 0.245 e. The molecule has 0 saturated heterocycles. The van der Waals surface area contributed by atoms with E-state index in [1.165, 1.54) is 5.56 Å². The Bertz CT molecular complexity index is 668. The van der Waals surface area contributed by atoms with Gasteiger partial charge >= 0.3 is 0 Å². The van der Waals surface area contributed by atoms with E-state index < -0.39 is 0 Å². The summed E-state index contributed by atoms with van der Waals surface area (Å²) in [4.78, 5) is 14.5. The van der Waals surface area contributed by atoms with Crippen molar-refractivity contribution in [1.29, 1.82) is 0 Å². The summed E-state index contributed by atoms with van der Waals surface area (Å²) in [7, 11) is 0. The zero-order valence-corrected chi connectivity index (χ0v) is 13.4. The third-order valence-electron chi connectivity index (χ3n) is 4.30. The summed E-state index contributed by atoms with van der Waals surface area (Å²) in [5, 5.41) is 17.4. The highest BCUT2D eigenvalue weighted by Gasteiger charge is 2.32. The lowest BCUT2D eigenvalue weighted by Crippen LogP contribution is -2.43. The summed E-state index contributed by atoms with van der Waals surface area (Å²) in [6.07, 6.45) is 2.12. The minimum absolute atomic E-state index is 0.110. The number of aliphatic hydroxyl groups excluding tert-OH is 1. The molecule has 6 nitrogen and oxygen atoms in total. The number of aliphatic hydroxyl groups is 1. The van der Waals surface area contributed by atoms with Crippen LogP contribution in [0.1, 0.15) is 36.6 Å². The standard InChI is InChI=1S/C17H22N4O2/c1-13-17(23)20(10-9-14-6-3-2-4-7-14)12-16-19-18-15(21(13)16)8-5-11-22/h2-4,6-7,13,22H,5,8-12H2,1H3/t13-/m1/s1. The summed E-state index contributed by atoms with van der Waals surface area (Å²) >= 11 is 0. The number of carbonyl (C=O) groups is 1. The van der Waals surface area contributed by atoms with Crippen molar-refractivity contribution in [3.8, 4) is 0 Å². The lowest BCUT2D eigenvalue weighted by Gasteiger charge is -2.32. The van der Waals surface area contributed by atoms with Crippen LogP contribution in [-0.2, 0) is 24.2 Å². The van der Waals surface area contributed by atoms with Crippen molar-refractivity contribution >= 4 is 5.91 Å². The van der Waals surface area contributed by atoms with Gasteiger partial charge in [-0.1, -0.05) is 30.3 Å². The summed E-state index contributed by atoms with van der Waals surface area (Å²) in [5.41, 5.74) is 1.23. The predicted octanol–water partition coefficient (Wildman–Crippen LogP) is 1.35. The Morgan fingerprint density at radius 2 is 2.00 bits per heavy atom.